The molecular weight excluding hydrogens is 344 g/mol. The molecular formula is C20H22N4O3. The van der Waals surface area contributed by atoms with E-state index in [9.17, 15) is 14.4 Å². The topological polar surface area (TPSA) is 105 Å². The average Bonchev–Trinajstić information content (AvgIpc) is 2.67. The van der Waals surface area contributed by atoms with Crippen LogP contribution in [-0.4, -0.2) is 46.7 Å². The van der Waals surface area contributed by atoms with E-state index in [1.165, 1.54) is 13.1 Å². The first-order valence-corrected chi connectivity index (χ1v) is 8.85. The van der Waals surface area contributed by atoms with Crippen LogP contribution >= 0.6 is 0 Å². The summed E-state index contributed by atoms with van der Waals surface area (Å²) in [5, 5.41) is 2.89. The number of primary amides is 1. The number of likely N-dealkylation sites (tertiary alicyclic amines) is 1. The molecule has 1 aromatic heterocycles. The molecule has 1 aromatic carbocycles. The SMILES string of the molecule is CC(=O)N[C@H]1CCCN(C(=O)c2cccc(-c3cncc(C(N)=O)c3)c2)C1. The predicted molar refractivity (Wildman–Crippen MR) is 101 cm³/mol. The van der Waals surface area contributed by atoms with Gasteiger partial charge in [0, 0.05) is 49.6 Å². The molecule has 140 valence electrons. The van der Waals surface area contributed by atoms with E-state index in [2.05, 4.69) is 10.3 Å². The van der Waals surface area contributed by atoms with E-state index < -0.39 is 5.91 Å². The van der Waals surface area contributed by atoms with Crippen LogP contribution in [0.15, 0.2) is 42.7 Å². The Morgan fingerprint density at radius 3 is 2.67 bits per heavy atom. The van der Waals surface area contributed by atoms with Gasteiger partial charge in [0.05, 0.1) is 5.56 Å². The van der Waals surface area contributed by atoms with Gasteiger partial charge in [-0.05, 0) is 36.6 Å². The van der Waals surface area contributed by atoms with E-state index >= 15 is 0 Å². The third-order valence-corrected chi connectivity index (χ3v) is 4.58. The lowest BCUT2D eigenvalue weighted by molar-refractivity contribution is -0.120. The largest absolute Gasteiger partial charge is 0.366 e. The Morgan fingerprint density at radius 1 is 1.15 bits per heavy atom. The lowest BCUT2D eigenvalue weighted by Gasteiger charge is -2.33. The van der Waals surface area contributed by atoms with Gasteiger partial charge in [0.1, 0.15) is 0 Å². The monoisotopic (exact) mass is 366 g/mol. The number of amides is 3. The second kappa shape index (κ2) is 7.99. The van der Waals surface area contributed by atoms with Gasteiger partial charge >= 0.3 is 0 Å². The Kier molecular flexibility index (Phi) is 5.49. The normalized spacial score (nSPS) is 16.6. The smallest absolute Gasteiger partial charge is 0.253 e. The van der Waals surface area contributed by atoms with Crippen molar-refractivity contribution in [3.63, 3.8) is 0 Å². The molecule has 3 rings (SSSR count). The van der Waals surface area contributed by atoms with E-state index in [1.54, 1.807) is 35.4 Å². The molecule has 1 saturated heterocycles. The van der Waals surface area contributed by atoms with Crippen molar-refractivity contribution in [3.8, 4) is 11.1 Å². The number of carbonyl (C=O) groups excluding carboxylic acids is 3. The number of hydrogen-bond acceptors (Lipinski definition) is 4. The molecule has 7 heteroatoms. The molecule has 2 aromatic rings. The first kappa shape index (κ1) is 18.6. The van der Waals surface area contributed by atoms with Gasteiger partial charge in [-0.15, -0.1) is 0 Å². The number of aromatic nitrogens is 1. The zero-order valence-electron chi connectivity index (χ0n) is 15.1. The van der Waals surface area contributed by atoms with Gasteiger partial charge in [-0.25, -0.2) is 0 Å². The minimum atomic E-state index is -0.547. The molecule has 0 spiro atoms. The van der Waals surface area contributed by atoms with Gasteiger partial charge in [0.25, 0.3) is 5.91 Å². The Bertz CT molecular complexity index is 881. The van der Waals surface area contributed by atoms with Crippen LogP contribution in [-0.2, 0) is 4.79 Å². The van der Waals surface area contributed by atoms with E-state index in [1.807, 2.05) is 6.07 Å². The summed E-state index contributed by atoms with van der Waals surface area (Å²) >= 11 is 0. The summed E-state index contributed by atoms with van der Waals surface area (Å²) < 4.78 is 0. The van der Waals surface area contributed by atoms with Crippen LogP contribution in [0.25, 0.3) is 11.1 Å². The van der Waals surface area contributed by atoms with E-state index in [-0.39, 0.29) is 17.9 Å². The molecule has 27 heavy (non-hydrogen) atoms. The van der Waals surface area contributed by atoms with Crippen LogP contribution in [0.3, 0.4) is 0 Å². The maximum absolute atomic E-state index is 12.9. The standard InChI is InChI=1S/C20H22N4O3/c1-13(25)23-18-6-3-7-24(12-18)20(27)15-5-2-4-14(8-15)16-9-17(19(21)26)11-22-10-16/h2,4-5,8-11,18H,3,6-7,12H2,1H3,(H2,21,26)(H,23,25)/t18-/m0/s1. The highest BCUT2D eigenvalue weighted by Crippen LogP contribution is 2.22. The van der Waals surface area contributed by atoms with Crippen molar-refractivity contribution < 1.29 is 14.4 Å². The molecule has 0 saturated carbocycles. The number of benzene rings is 1. The van der Waals surface area contributed by atoms with E-state index in [4.69, 9.17) is 5.73 Å². The third-order valence-electron chi connectivity index (χ3n) is 4.58. The van der Waals surface area contributed by atoms with Gasteiger partial charge in [0.15, 0.2) is 0 Å². The Labute approximate surface area is 157 Å². The van der Waals surface area contributed by atoms with E-state index in [0.717, 1.165) is 24.0 Å². The number of carbonyl (C=O) groups is 3. The van der Waals surface area contributed by atoms with Crippen molar-refractivity contribution in [2.24, 2.45) is 5.73 Å². The maximum atomic E-state index is 12.9. The number of nitrogens with zero attached hydrogens (tertiary/aromatic N) is 2. The number of nitrogens with one attached hydrogen (secondary N) is 1. The number of rotatable bonds is 4. The van der Waals surface area contributed by atoms with Crippen molar-refractivity contribution in [2.75, 3.05) is 13.1 Å². The van der Waals surface area contributed by atoms with Crippen molar-refractivity contribution >= 4 is 17.7 Å². The second-order valence-electron chi connectivity index (χ2n) is 6.70. The summed E-state index contributed by atoms with van der Waals surface area (Å²) in [4.78, 5) is 41.4. The van der Waals surface area contributed by atoms with E-state index in [0.29, 0.717) is 24.2 Å². The van der Waals surface area contributed by atoms with Crippen LogP contribution in [0.5, 0.6) is 0 Å². The van der Waals surface area contributed by atoms with Crippen molar-refractivity contribution in [2.45, 2.75) is 25.8 Å². The van der Waals surface area contributed by atoms with Crippen LogP contribution < -0.4 is 11.1 Å². The van der Waals surface area contributed by atoms with Gasteiger partial charge in [-0.2, -0.15) is 0 Å². The molecule has 1 atom stereocenters. The van der Waals surface area contributed by atoms with Crippen molar-refractivity contribution in [1.82, 2.24) is 15.2 Å². The summed E-state index contributed by atoms with van der Waals surface area (Å²) in [5.41, 5.74) is 7.69. The summed E-state index contributed by atoms with van der Waals surface area (Å²) in [5.74, 6) is -0.710. The van der Waals surface area contributed by atoms with Gasteiger partial charge < -0.3 is 16.0 Å². The lowest BCUT2D eigenvalue weighted by Crippen LogP contribution is -2.49. The van der Waals surface area contributed by atoms with Crippen LogP contribution in [0.1, 0.15) is 40.5 Å². The summed E-state index contributed by atoms with van der Waals surface area (Å²) in [6, 6.07) is 8.85. The molecule has 3 N–H and O–H groups in total. The second-order valence-corrected chi connectivity index (χ2v) is 6.70. The lowest BCUT2D eigenvalue weighted by atomic mass is 10.0. The Morgan fingerprint density at radius 2 is 1.93 bits per heavy atom. The molecule has 0 aliphatic carbocycles. The summed E-state index contributed by atoms with van der Waals surface area (Å²) in [7, 11) is 0. The molecule has 1 fully saturated rings. The molecule has 0 unspecified atom stereocenters. The average molecular weight is 366 g/mol. The minimum absolute atomic E-state index is 0.0140. The zero-order valence-corrected chi connectivity index (χ0v) is 15.1. The quantitative estimate of drug-likeness (QED) is 0.857. The molecule has 3 amide bonds. The first-order valence-electron chi connectivity index (χ1n) is 8.85. The van der Waals surface area contributed by atoms with Crippen LogP contribution in [0.4, 0.5) is 0 Å². The molecule has 2 heterocycles. The van der Waals surface area contributed by atoms with Crippen molar-refractivity contribution in [1.29, 1.82) is 0 Å². The highest BCUT2D eigenvalue weighted by molar-refractivity contribution is 5.96. The number of hydrogen-bond donors (Lipinski definition) is 2. The highest BCUT2D eigenvalue weighted by atomic mass is 16.2. The number of nitrogens with two attached hydrogens (primary N) is 1. The van der Waals surface area contributed by atoms with Crippen molar-refractivity contribution in [3.05, 3.63) is 53.9 Å². The number of pyridine rings is 1. The molecule has 7 nitrogen and oxygen atoms in total. The Balaban J connectivity index is 1.80. The van der Waals surface area contributed by atoms with Crippen LogP contribution in [0.2, 0.25) is 0 Å². The third kappa shape index (κ3) is 4.49. The summed E-state index contributed by atoms with van der Waals surface area (Å²) in [6.45, 7) is 2.65. The maximum Gasteiger partial charge on any atom is 0.253 e. The Hall–Kier alpha value is -3.22. The summed E-state index contributed by atoms with van der Waals surface area (Å²) in [6.07, 6.45) is 4.76. The zero-order chi connectivity index (χ0) is 19.4. The van der Waals surface area contributed by atoms with Gasteiger partial charge in [-0.3, -0.25) is 19.4 Å². The highest BCUT2D eigenvalue weighted by Gasteiger charge is 2.25. The molecule has 1 aliphatic heterocycles. The van der Waals surface area contributed by atoms with Gasteiger partial charge in [-0.1, -0.05) is 12.1 Å². The molecule has 0 bridgehead atoms. The molecule has 0 radical (unpaired) electrons. The van der Waals surface area contributed by atoms with Gasteiger partial charge in [0.2, 0.25) is 11.8 Å². The minimum Gasteiger partial charge on any atom is -0.366 e. The fourth-order valence-electron chi connectivity index (χ4n) is 3.31. The molecule has 1 aliphatic rings. The fraction of sp³-hybridized carbons (Fsp3) is 0.300. The fourth-order valence-corrected chi connectivity index (χ4v) is 3.31. The number of piperidine rings is 1. The predicted octanol–water partition coefficient (Wildman–Crippen LogP) is 1.59. The first-order chi connectivity index (χ1) is 12.9. The van der Waals surface area contributed by atoms with Crippen LogP contribution in [0, 0.1) is 0 Å².